The van der Waals surface area contributed by atoms with Crippen LogP contribution < -0.4 is 5.32 Å². The van der Waals surface area contributed by atoms with Crippen molar-refractivity contribution in [1.82, 2.24) is 5.32 Å². The fourth-order valence-corrected chi connectivity index (χ4v) is 3.39. The van der Waals surface area contributed by atoms with Crippen molar-refractivity contribution in [2.24, 2.45) is 17.3 Å². The summed E-state index contributed by atoms with van der Waals surface area (Å²) in [6.07, 6.45) is 2.57. The Bertz CT molecular complexity index is 242. The van der Waals surface area contributed by atoms with Gasteiger partial charge in [-0.2, -0.15) is 0 Å². The lowest BCUT2D eigenvalue weighted by molar-refractivity contribution is -0.113. The van der Waals surface area contributed by atoms with Gasteiger partial charge in [0.1, 0.15) is 0 Å². The molecule has 0 aromatic carbocycles. The molecule has 4 atom stereocenters. The summed E-state index contributed by atoms with van der Waals surface area (Å²) in [5.74, 6) is 1.28. The molecule has 0 amide bonds. The zero-order valence-electron chi connectivity index (χ0n) is 10.7. The number of aliphatic hydroxyl groups excluding tert-OH is 1. The first-order valence-corrected chi connectivity index (χ1v) is 6.53. The first-order chi connectivity index (χ1) is 7.57. The number of hydrogen-bond donors (Lipinski definition) is 2. The molecular formula is C13H25NO2. The van der Waals surface area contributed by atoms with Gasteiger partial charge in [0.25, 0.3) is 0 Å². The van der Waals surface area contributed by atoms with Gasteiger partial charge in [-0.3, -0.25) is 0 Å². The summed E-state index contributed by atoms with van der Waals surface area (Å²) in [4.78, 5) is 0. The molecule has 1 aliphatic heterocycles. The minimum atomic E-state index is 0.278. The molecule has 16 heavy (non-hydrogen) atoms. The normalized spacial score (nSPS) is 37.9. The van der Waals surface area contributed by atoms with Gasteiger partial charge in [-0.15, -0.1) is 0 Å². The average molecular weight is 227 g/mol. The van der Waals surface area contributed by atoms with E-state index >= 15 is 0 Å². The van der Waals surface area contributed by atoms with Crippen LogP contribution in [0.2, 0.25) is 0 Å². The van der Waals surface area contributed by atoms with Crippen LogP contribution in [0.25, 0.3) is 0 Å². The summed E-state index contributed by atoms with van der Waals surface area (Å²) in [6, 6.07) is 0.598. The lowest BCUT2D eigenvalue weighted by Crippen LogP contribution is -2.66. The van der Waals surface area contributed by atoms with Gasteiger partial charge in [0.15, 0.2) is 0 Å². The number of nitrogens with one attached hydrogen (secondary N) is 1. The largest absolute Gasteiger partial charge is 0.396 e. The summed E-state index contributed by atoms with van der Waals surface area (Å²) >= 11 is 0. The Morgan fingerprint density at radius 3 is 2.94 bits per heavy atom. The Morgan fingerprint density at radius 1 is 1.50 bits per heavy atom. The van der Waals surface area contributed by atoms with Crippen molar-refractivity contribution in [2.45, 2.75) is 45.8 Å². The van der Waals surface area contributed by atoms with E-state index in [-0.39, 0.29) is 5.41 Å². The highest BCUT2D eigenvalue weighted by Crippen LogP contribution is 2.52. The second-order valence-corrected chi connectivity index (χ2v) is 6.07. The van der Waals surface area contributed by atoms with Crippen LogP contribution in [0.3, 0.4) is 0 Å². The molecule has 0 bridgehead atoms. The molecule has 3 nitrogen and oxygen atoms in total. The van der Waals surface area contributed by atoms with Crippen molar-refractivity contribution in [2.75, 3.05) is 19.8 Å². The molecule has 2 aliphatic rings. The third-order valence-corrected chi connectivity index (χ3v) is 4.41. The molecule has 1 heterocycles. The number of hydrogen-bond acceptors (Lipinski definition) is 3. The van der Waals surface area contributed by atoms with Crippen LogP contribution in [0.5, 0.6) is 0 Å². The number of aliphatic hydroxyl groups is 1. The van der Waals surface area contributed by atoms with Gasteiger partial charge in [-0.25, -0.2) is 0 Å². The number of ether oxygens (including phenoxy) is 1. The fourth-order valence-electron chi connectivity index (χ4n) is 3.39. The smallest absolute Gasteiger partial charge is 0.0685 e. The van der Waals surface area contributed by atoms with Crippen molar-refractivity contribution >= 4 is 0 Å². The van der Waals surface area contributed by atoms with Crippen molar-refractivity contribution < 1.29 is 9.84 Å². The van der Waals surface area contributed by atoms with Crippen LogP contribution in [-0.4, -0.2) is 37.0 Å². The van der Waals surface area contributed by atoms with Gasteiger partial charge in [0.05, 0.1) is 6.10 Å². The molecule has 0 aromatic heterocycles. The predicted octanol–water partition coefficient (Wildman–Crippen LogP) is 1.41. The van der Waals surface area contributed by atoms with Gasteiger partial charge in [-0.05, 0) is 25.3 Å². The Balaban J connectivity index is 1.81. The summed E-state index contributed by atoms with van der Waals surface area (Å²) in [6.45, 7) is 9.03. The van der Waals surface area contributed by atoms with E-state index in [9.17, 15) is 0 Å². The second kappa shape index (κ2) is 4.63. The topological polar surface area (TPSA) is 41.5 Å². The predicted molar refractivity (Wildman–Crippen MR) is 64.3 cm³/mol. The van der Waals surface area contributed by atoms with Crippen LogP contribution in [0.15, 0.2) is 0 Å². The monoisotopic (exact) mass is 227 g/mol. The third kappa shape index (κ3) is 2.01. The molecular weight excluding hydrogens is 202 g/mol. The minimum absolute atomic E-state index is 0.278. The van der Waals surface area contributed by atoms with Crippen LogP contribution in [0.4, 0.5) is 0 Å². The SMILES string of the molecule is CC(CCO)CNC1C2CCOC2C1(C)C. The molecule has 2 rings (SSSR count). The summed E-state index contributed by atoms with van der Waals surface area (Å²) in [5, 5.41) is 12.6. The lowest BCUT2D eigenvalue weighted by atomic mass is 9.57. The third-order valence-electron chi connectivity index (χ3n) is 4.41. The van der Waals surface area contributed by atoms with E-state index in [0.29, 0.717) is 24.7 Å². The second-order valence-electron chi connectivity index (χ2n) is 6.07. The molecule has 1 saturated heterocycles. The highest BCUT2D eigenvalue weighted by atomic mass is 16.5. The molecule has 0 aromatic rings. The summed E-state index contributed by atoms with van der Waals surface area (Å²) in [7, 11) is 0. The maximum absolute atomic E-state index is 8.88. The van der Waals surface area contributed by atoms with Crippen molar-refractivity contribution in [3.63, 3.8) is 0 Å². The van der Waals surface area contributed by atoms with Gasteiger partial charge in [-0.1, -0.05) is 20.8 Å². The molecule has 2 fully saturated rings. The Labute approximate surface area is 98.6 Å². The van der Waals surface area contributed by atoms with E-state index in [2.05, 4.69) is 26.1 Å². The molecule has 94 valence electrons. The highest BCUT2D eigenvalue weighted by molar-refractivity contribution is 5.11. The standard InChI is InChI=1S/C13H25NO2/c1-9(4-6-15)8-14-11-10-5-7-16-12(10)13(11,2)3/h9-12,14-15H,4-8H2,1-3H3. The molecule has 3 heteroatoms. The fraction of sp³-hybridized carbons (Fsp3) is 1.00. The molecule has 0 spiro atoms. The minimum Gasteiger partial charge on any atom is -0.396 e. The highest BCUT2D eigenvalue weighted by Gasteiger charge is 2.58. The number of rotatable bonds is 5. The van der Waals surface area contributed by atoms with Gasteiger partial charge in [0, 0.05) is 30.6 Å². The van der Waals surface area contributed by atoms with E-state index in [1.807, 2.05) is 0 Å². The Hall–Kier alpha value is -0.120. The molecule has 4 unspecified atom stereocenters. The van der Waals surface area contributed by atoms with Crippen LogP contribution >= 0.6 is 0 Å². The molecule has 1 saturated carbocycles. The quantitative estimate of drug-likeness (QED) is 0.746. The van der Waals surface area contributed by atoms with E-state index in [1.54, 1.807) is 0 Å². The first kappa shape index (κ1) is 12.3. The van der Waals surface area contributed by atoms with Crippen LogP contribution in [0, 0.1) is 17.3 Å². The summed E-state index contributed by atoms with van der Waals surface area (Å²) < 4.78 is 5.77. The van der Waals surface area contributed by atoms with Crippen molar-refractivity contribution in [3.8, 4) is 0 Å². The maximum Gasteiger partial charge on any atom is 0.0685 e. The van der Waals surface area contributed by atoms with Crippen LogP contribution in [0.1, 0.15) is 33.6 Å². The van der Waals surface area contributed by atoms with Gasteiger partial charge in [0.2, 0.25) is 0 Å². The summed E-state index contributed by atoms with van der Waals surface area (Å²) in [5.41, 5.74) is 0.278. The average Bonchev–Trinajstić information content (AvgIpc) is 2.64. The lowest BCUT2D eigenvalue weighted by Gasteiger charge is -2.55. The van der Waals surface area contributed by atoms with E-state index in [1.165, 1.54) is 6.42 Å². The zero-order valence-corrected chi connectivity index (χ0v) is 10.7. The van der Waals surface area contributed by atoms with E-state index in [4.69, 9.17) is 9.84 Å². The first-order valence-electron chi connectivity index (χ1n) is 6.53. The Morgan fingerprint density at radius 2 is 2.25 bits per heavy atom. The van der Waals surface area contributed by atoms with Crippen molar-refractivity contribution in [1.29, 1.82) is 0 Å². The van der Waals surface area contributed by atoms with Gasteiger partial charge >= 0.3 is 0 Å². The van der Waals surface area contributed by atoms with E-state index in [0.717, 1.165) is 25.5 Å². The number of fused-ring (bicyclic) bond motifs is 1. The molecule has 2 N–H and O–H groups in total. The molecule has 1 aliphatic carbocycles. The van der Waals surface area contributed by atoms with Crippen LogP contribution in [-0.2, 0) is 4.74 Å². The Kier molecular flexibility index (Phi) is 3.57. The zero-order chi connectivity index (χ0) is 11.8. The van der Waals surface area contributed by atoms with Crippen molar-refractivity contribution in [3.05, 3.63) is 0 Å². The molecule has 0 radical (unpaired) electrons. The van der Waals surface area contributed by atoms with E-state index < -0.39 is 0 Å². The maximum atomic E-state index is 8.88. The van der Waals surface area contributed by atoms with Gasteiger partial charge < -0.3 is 15.2 Å².